The first kappa shape index (κ1) is 8.85. The largest absolute Gasteiger partial charge is 0.392 e. The Labute approximate surface area is 62.0 Å². The van der Waals surface area contributed by atoms with Gasteiger partial charge in [-0.25, -0.2) is 0 Å². The number of rotatable bonds is 3. The number of thiocarbonyl (C=S) groups is 1. The first-order chi connectivity index (χ1) is 4.04. The highest BCUT2D eigenvalue weighted by atomic mass is 32.1. The van der Waals surface area contributed by atoms with Crippen molar-refractivity contribution in [3.63, 3.8) is 0 Å². The second kappa shape index (κ2) is 3.80. The molecule has 0 aromatic rings. The molecule has 2 nitrogen and oxygen atoms in total. The zero-order valence-corrected chi connectivity index (χ0v) is 7.03. The fraction of sp³-hybridized carbons (Fsp3) is 0.833. The molecule has 0 aromatic carbocycles. The van der Waals surface area contributed by atoms with Crippen LogP contribution >= 0.6 is 12.2 Å². The van der Waals surface area contributed by atoms with Gasteiger partial charge in [0, 0.05) is 12.6 Å². The predicted molar refractivity (Wildman–Crippen MR) is 44.6 cm³/mol. The van der Waals surface area contributed by atoms with Crippen molar-refractivity contribution in [1.82, 2.24) is 4.90 Å². The number of hydrogen-bond acceptors (Lipinski definition) is 2. The fourth-order valence-corrected chi connectivity index (χ4v) is 0.632. The van der Waals surface area contributed by atoms with Crippen molar-refractivity contribution in [1.29, 1.82) is 0 Å². The van der Waals surface area contributed by atoms with Crippen LogP contribution in [0.25, 0.3) is 0 Å². The Hall–Kier alpha value is -0.150. The molecule has 3 heteroatoms. The number of nitrogens with zero attached hydrogens (tertiary/aromatic N) is 1. The molecular weight excluding hydrogens is 132 g/mol. The summed E-state index contributed by atoms with van der Waals surface area (Å²) in [6.45, 7) is 4.93. The van der Waals surface area contributed by atoms with E-state index in [1.807, 2.05) is 7.05 Å². The molecule has 0 unspecified atom stereocenters. The minimum Gasteiger partial charge on any atom is -0.392 e. The second-order valence-electron chi connectivity index (χ2n) is 2.48. The molecule has 0 spiro atoms. The van der Waals surface area contributed by atoms with E-state index in [1.54, 1.807) is 0 Å². The molecule has 0 heterocycles. The molecule has 2 N–H and O–H groups in total. The summed E-state index contributed by atoms with van der Waals surface area (Å²) in [5, 5.41) is 0. The molecule has 0 amide bonds. The summed E-state index contributed by atoms with van der Waals surface area (Å²) in [4.78, 5) is 2.66. The molecule has 0 aliphatic heterocycles. The lowest BCUT2D eigenvalue weighted by molar-refractivity contribution is 0.312. The van der Waals surface area contributed by atoms with E-state index >= 15 is 0 Å². The van der Waals surface area contributed by atoms with Gasteiger partial charge >= 0.3 is 0 Å². The standard InChI is InChI=1S/C6H14N2S/c1-5(2)8(3)4-6(7)9/h5H,4H2,1-3H3,(H2,7,9). The van der Waals surface area contributed by atoms with Gasteiger partial charge in [-0.2, -0.15) is 0 Å². The van der Waals surface area contributed by atoms with Crippen LogP contribution in [0.1, 0.15) is 13.8 Å². The summed E-state index contributed by atoms with van der Waals surface area (Å²) in [5.41, 5.74) is 5.32. The molecule has 9 heavy (non-hydrogen) atoms. The first-order valence-corrected chi connectivity index (χ1v) is 3.43. The van der Waals surface area contributed by atoms with Gasteiger partial charge in [0.25, 0.3) is 0 Å². The average Bonchev–Trinajstić information content (AvgIpc) is 1.63. The van der Waals surface area contributed by atoms with Gasteiger partial charge in [-0.05, 0) is 20.9 Å². The van der Waals surface area contributed by atoms with Gasteiger partial charge in [-0.1, -0.05) is 12.2 Å². The molecular formula is C6H14N2S. The van der Waals surface area contributed by atoms with E-state index in [-0.39, 0.29) is 0 Å². The third-order valence-electron chi connectivity index (χ3n) is 1.29. The summed E-state index contributed by atoms with van der Waals surface area (Å²) >= 11 is 4.73. The summed E-state index contributed by atoms with van der Waals surface area (Å²) in [6, 6.07) is 0.520. The predicted octanol–water partition coefficient (Wildman–Crippen LogP) is 0.613. The lowest BCUT2D eigenvalue weighted by atomic mass is 10.3. The summed E-state index contributed by atoms with van der Waals surface area (Å²) in [5.74, 6) is 0. The van der Waals surface area contributed by atoms with Crippen LogP contribution in [0.15, 0.2) is 0 Å². The minimum atomic E-state index is 0.520. The van der Waals surface area contributed by atoms with Gasteiger partial charge in [0.05, 0.1) is 4.99 Å². The molecule has 0 fully saturated rings. The van der Waals surface area contributed by atoms with Crippen molar-refractivity contribution in [3.8, 4) is 0 Å². The van der Waals surface area contributed by atoms with E-state index in [1.165, 1.54) is 0 Å². The topological polar surface area (TPSA) is 29.3 Å². The normalized spacial score (nSPS) is 10.8. The summed E-state index contributed by atoms with van der Waals surface area (Å²) < 4.78 is 0. The molecule has 0 atom stereocenters. The van der Waals surface area contributed by atoms with Crippen LogP contribution in [0.2, 0.25) is 0 Å². The first-order valence-electron chi connectivity index (χ1n) is 3.02. The Balaban J connectivity index is 3.50. The van der Waals surface area contributed by atoms with Gasteiger partial charge in [0.2, 0.25) is 0 Å². The van der Waals surface area contributed by atoms with Crippen LogP contribution in [0, 0.1) is 0 Å². The molecule has 54 valence electrons. The van der Waals surface area contributed by atoms with Gasteiger partial charge < -0.3 is 5.73 Å². The maximum absolute atomic E-state index is 5.32. The monoisotopic (exact) mass is 146 g/mol. The maximum atomic E-state index is 5.32. The highest BCUT2D eigenvalue weighted by molar-refractivity contribution is 7.80. The van der Waals surface area contributed by atoms with Crippen LogP contribution in [-0.4, -0.2) is 29.5 Å². The van der Waals surface area contributed by atoms with Crippen LogP contribution < -0.4 is 5.73 Å². The lowest BCUT2D eigenvalue weighted by Gasteiger charge is -2.19. The van der Waals surface area contributed by atoms with Crippen molar-refractivity contribution in [2.75, 3.05) is 13.6 Å². The molecule has 0 rings (SSSR count). The molecule has 0 aromatic heterocycles. The third kappa shape index (κ3) is 4.36. The molecule has 0 saturated carbocycles. The highest BCUT2D eigenvalue weighted by Gasteiger charge is 2.02. The Kier molecular flexibility index (Phi) is 3.73. The van der Waals surface area contributed by atoms with Gasteiger partial charge in [-0.15, -0.1) is 0 Å². The van der Waals surface area contributed by atoms with E-state index in [2.05, 4.69) is 18.7 Å². The quantitative estimate of drug-likeness (QED) is 0.592. The SMILES string of the molecule is CC(C)N(C)CC(N)=S. The van der Waals surface area contributed by atoms with Crippen LogP contribution in [0.5, 0.6) is 0 Å². The molecule has 0 bridgehead atoms. The molecule has 0 saturated heterocycles. The Bertz CT molecular complexity index is 101. The Morgan fingerprint density at radius 2 is 2.11 bits per heavy atom. The molecule has 0 aliphatic rings. The van der Waals surface area contributed by atoms with Crippen molar-refractivity contribution in [2.24, 2.45) is 5.73 Å². The highest BCUT2D eigenvalue weighted by Crippen LogP contribution is 1.90. The second-order valence-corrected chi connectivity index (χ2v) is 3.00. The van der Waals surface area contributed by atoms with Crippen molar-refractivity contribution in [3.05, 3.63) is 0 Å². The smallest absolute Gasteiger partial charge is 0.0870 e. The van der Waals surface area contributed by atoms with Crippen LogP contribution in [0.4, 0.5) is 0 Å². The maximum Gasteiger partial charge on any atom is 0.0870 e. The molecule has 0 radical (unpaired) electrons. The van der Waals surface area contributed by atoms with Crippen molar-refractivity contribution in [2.45, 2.75) is 19.9 Å². The van der Waals surface area contributed by atoms with Gasteiger partial charge in [-0.3, -0.25) is 4.90 Å². The average molecular weight is 146 g/mol. The summed E-state index contributed by atoms with van der Waals surface area (Å²) in [7, 11) is 2.00. The number of likely N-dealkylation sites (N-methyl/N-ethyl adjacent to an activating group) is 1. The van der Waals surface area contributed by atoms with E-state index in [0.717, 1.165) is 0 Å². The van der Waals surface area contributed by atoms with Crippen molar-refractivity contribution >= 4 is 17.2 Å². The fourth-order valence-electron chi connectivity index (χ4n) is 0.428. The van der Waals surface area contributed by atoms with Gasteiger partial charge in [0.15, 0.2) is 0 Å². The Morgan fingerprint density at radius 3 is 2.22 bits per heavy atom. The molecule has 0 aliphatic carbocycles. The number of nitrogens with two attached hydrogens (primary N) is 1. The van der Waals surface area contributed by atoms with Gasteiger partial charge in [0.1, 0.15) is 0 Å². The third-order valence-corrected chi connectivity index (χ3v) is 1.42. The van der Waals surface area contributed by atoms with Crippen molar-refractivity contribution < 1.29 is 0 Å². The van der Waals surface area contributed by atoms with E-state index in [0.29, 0.717) is 17.6 Å². The zero-order chi connectivity index (χ0) is 7.44. The lowest BCUT2D eigenvalue weighted by Crippen LogP contribution is -2.34. The van der Waals surface area contributed by atoms with Crippen LogP contribution in [-0.2, 0) is 0 Å². The van der Waals surface area contributed by atoms with E-state index < -0.39 is 0 Å². The summed E-state index contributed by atoms with van der Waals surface area (Å²) in [6.07, 6.45) is 0. The zero-order valence-electron chi connectivity index (χ0n) is 6.22. The minimum absolute atomic E-state index is 0.520. The number of hydrogen-bond donors (Lipinski definition) is 1. The van der Waals surface area contributed by atoms with Crippen LogP contribution in [0.3, 0.4) is 0 Å². The van der Waals surface area contributed by atoms with E-state index in [4.69, 9.17) is 18.0 Å². The Morgan fingerprint density at radius 1 is 1.67 bits per heavy atom. The van der Waals surface area contributed by atoms with E-state index in [9.17, 15) is 0 Å².